The molecule has 2 heterocycles. The van der Waals surface area contributed by atoms with Crippen LogP contribution in [-0.4, -0.2) is 25.4 Å². The van der Waals surface area contributed by atoms with Crippen molar-refractivity contribution in [3.8, 4) is 11.3 Å². The molecule has 4 aromatic rings. The second kappa shape index (κ2) is 7.98. The molecule has 4 N–H and O–H groups in total. The van der Waals surface area contributed by atoms with Gasteiger partial charge < -0.3 is 16.2 Å². The highest BCUT2D eigenvalue weighted by atomic mass is 35.5. The van der Waals surface area contributed by atoms with Gasteiger partial charge in [-0.05, 0) is 49.7 Å². The second-order valence-corrected chi connectivity index (χ2v) is 7.33. The van der Waals surface area contributed by atoms with E-state index in [0.717, 1.165) is 6.07 Å². The Balaban J connectivity index is 1.71. The van der Waals surface area contributed by atoms with Gasteiger partial charge in [0.25, 0.3) is 5.91 Å². The van der Waals surface area contributed by atoms with E-state index in [4.69, 9.17) is 21.4 Å². The number of aryl methyl sites for hydroxylation is 2. The Bertz CT molecular complexity index is 1420. The van der Waals surface area contributed by atoms with Gasteiger partial charge in [-0.15, -0.1) is 0 Å². The van der Waals surface area contributed by atoms with E-state index in [2.05, 4.69) is 15.3 Å². The number of nitrogens with two attached hydrogens (primary N) is 1. The van der Waals surface area contributed by atoms with E-state index >= 15 is 4.39 Å². The van der Waals surface area contributed by atoms with Crippen LogP contribution in [0.2, 0.25) is 5.02 Å². The van der Waals surface area contributed by atoms with Crippen molar-refractivity contribution in [1.29, 1.82) is 0 Å². The number of nitrogens with one attached hydrogen (secondary N) is 1. The third-order valence-corrected chi connectivity index (χ3v) is 5.00. The van der Waals surface area contributed by atoms with Crippen LogP contribution in [-0.2, 0) is 4.79 Å². The Morgan fingerprint density at radius 2 is 2.16 bits per heavy atom. The summed E-state index contributed by atoms with van der Waals surface area (Å²) in [6.45, 7) is -0.944. The third-order valence-electron chi connectivity index (χ3n) is 4.77. The summed E-state index contributed by atoms with van der Waals surface area (Å²) in [4.78, 5) is 20.7. The lowest BCUT2D eigenvalue weighted by Gasteiger charge is -2.13. The smallest absolute Gasteiger partial charge is 0.257 e. The number of aromatic nitrogens is 3. The minimum absolute atomic E-state index is 0.00848. The van der Waals surface area contributed by atoms with E-state index in [0.29, 0.717) is 10.7 Å². The van der Waals surface area contributed by atoms with Crippen molar-refractivity contribution >= 4 is 34.5 Å². The van der Waals surface area contributed by atoms with Crippen molar-refractivity contribution in [2.45, 2.75) is 19.9 Å². The van der Waals surface area contributed by atoms with Crippen LogP contribution < -0.4 is 11.1 Å². The first kappa shape index (κ1) is 17.2. The Morgan fingerprint density at radius 3 is 2.87 bits per heavy atom. The van der Waals surface area contributed by atoms with Gasteiger partial charge in [-0.3, -0.25) is 9.20 Å². The first-order valence-electron chi connectivity index (χ1n) is 10.7. The van der Waals surface area contributed by atoms with E-state index in [1.807, 2.05) is 0 Å². The number of rotatable bonds is 4. The summed E-state index contributed by atoms with van der Waals surface area (Å²) in [5.74, 6) is -1.85. The number of nitrogens with zero attached hydrogens (tertiary/aromatic N) is 3. The summed E-state index contributed by atoms with van der Waals surface area (Å²) in [6, 6.07) is 9.95. The lowest BCUT2D eigenvalue weighted by atomic mass is 10.1. The van der Waals surface area contributed by atoms with E-state index in [1.165, 1.54) is 34.9 Å². The summed E-state index contributed by atoms with van der Waals surface area (Å²) in [5, 5.41) is 13.1. The highest BCUT2D eigenvalue weighted by Gasteiger charge is 2.21. The number of amides is 1. The van der Waals surface area contributed by atoms with Gasteiger partial charge >= 0.3 is 0 Å². The van der Waals surface area contributed by atoms with Gasteiger partial charge in [0, 0.05) is 32.3 Å². The summed E-state index contributed by atoms with van der Waals surface area (Å²) in [5.41, 5.74) is 6.96. The molecule has 7 nitrogen and oxygen atoms in total. The number of anilines is 2. The number of fused-ring (bicyclic) bond motifs is 1. The van der Waals surface area contributed by atoms with Crippen LogP contribution in [0.1, 0.15) is 27.3 Å². The largest absolute Gasteiger partial charge is 0.382 e. The predicted molar refractivity (Wildman–Crippen MR) is 117 cm³/mol. The normalized spacial score (nSPS) is 14.0. The van der Waals surface area contributed by atoms with Gasteiger partial charge in [-0.2, -0.15) is 0 Å². The van der Waals surface area contributed by atoms with Crippen LogP contribution in [0.4, 0.5) is 15.9 Å². The highest BCUT2D eigenvalue weighted by molar-refractivity contribution is 6.30. The zero-order valence-corrected chi connectivity index (χ0v) is 17.0. The molecule has 1 atom stereocenters. The minimum Gasteiger partial charge on any atom is -0.382 e. The Labute approximate surface area is 186 Å². The number of hydrogen-bond acceptors (Lipinski definition) is 5. The fraction of sp³-hybridized carbons (Fsp3) is 0.136. The number of nitrogen functional groups attached to an aromatic ring is 1. The fourth-order valence-electron chi connectivity index (χ4n) is 3.29. The molecule has 1 amide bonds. The molecule has 0 saturated carbocycles. The maximum absolute atomic E-state index is 15.1. The van der Waals surface area contributed by atoms with E-state index in [1.54, 1.807) is 19.1 Å². The van der Waals surface area contributed by atoms with Crippen LogP contribution in [0, 0.1) is 19.6 Å². The van der Waals surface area contributed by atoms with Gasteiger partial charge in [0.05, 0.1) is 0 Å². The van der Waals surface area contributed by atoms with Gasteiger partial charge in [-0.25, -0.2) is 14.4 Å². The SMILES string of the molecule is [2H]C([2H])([2H])c1nc(-c2ccc(NC(=O)[C@H](O)c3cccc(Cl)c3)cc2F)c2c(N)ncc(C)n12. The number of imidazole rings is 1. The number of carbonyl (C=O) groups excluding carboxylic acids is 1. The molecule has 158 valence electrons. The third kappa shape index (κ3) is 3.83. The molecule has 2 aromatic carbocycles. The summed E-state index contributed by atoms with van der Waals surface area (Å²) < 4.78 is 39.9. The molecule has 9 heteroatoms. The van der Waals surface area contributed by atoms with Crippen molar-refractivity contribution in [2.24, 2.45) is 0 Å². The minimum atomic E-state index is -2.58. The number of hydrogen-bond donors (Lipinski definition) is 3. The van der Waals surface area contributed by atoms with Crippen LogP contribution >= 0.6 is 11.6 Å². The average molecular weight is 443 g/mol. The van der Waals surface area contributed by atoms with E-state index < -0.39 is 24.7 Å². The molecule has 0 fully saturated rings. The van der Waals surface area contributed by atoms with Crippen LogP contribution in [0.15, 0.2) is 48.7 Å². The molecule has 2 aromatic heterocycles. The van der Waals surface area contributed by atoms with Gasteiger partial charge in [0.15, 0.2) is 6.10 Å². The van der Waals surface area contributed by atoms with Crippen LogP contribution in [0.25, 0.3) is 16.8 Å². The Morgan fingerprint density at radius 1 is 1.35 bits per heavy atom. The number of aliphatic hydroxyl groups excluding tert-OH is 1. The molecule has 0 spiro atoms. The molecule has 31 heavy (non-hydrogen) atoms. The maximum Gasteiger partial charge on any atom is 0.257 e. The lowest BCUT2D eigenvalue weighted by Crippen LogP contribution is -2.20. The quantitative estimate of drug-likeness (QED) is 0.442. The summed E-state index contributed by atoms with van der Waals surface area (Å²) >= 11 is 5.89. The molecule has 0 aliphatic rings. The van der Waals surface area contributed by atoms with Gasteiger partial charge in [0.1, 0.15) is 28.7 Å². The maximum atomic E-state index is 15.1. The Kier molecular flexibility index (Phi) is 4.43. The lowest BCUT2D eigenvalue weighted by molar-refractivity contribution is -0.124. The van der Waals surface area contributed by atoms with Crippen molar-refractivity contribution in [1.82, 2.24) is 14.4 Å². The first-order valence-corrected chi connectivity index (χ1v) is 9.53. The van der Waals surface area contributed by atoms with Crippen molar-refractivity contribution < 1.29 is 18.4 Å². The van der Waals surface area contributed by atoms with Crippen molar-refractivity contribution in [3.05, 3.63) is 76.6 Å². The molecule has 0 aliphatic carbocycles. The predicted octanol–water partition coefficient (Wildman–Crippen LogP) is 4.06. The Hall–Kier alpha value is -3.49. The van der Waals surface area contributed by atoms with Crippen LogP contribution in [0.5, 0.6) is 0 Å². The van der Waals surface area contributed by atoms with Gasteiger partial charge in [0.2, 0.25) is 0 Å². The summed E-state index contributed by atoms with van der Waals surface area (Å²) in [6.07, 6.45) is -0.113. The molecule has 0 unspecified atom stereocenters. The van der Waals surface area contributed by atoms with E-state index in [9.17, 15) is 9.90 Å². The zero-order chi connectivity index (χ0) is 24.8. The van der Waals surface area contributed by atoms with Crippen molar-refractivity contribution in [2.75, 3.05) is 11.1 Å². The zero-order valence-electron chi connectivity index (χ0n) is 19.2. The number of carbonyl (C=O) groups is 1. The monoisotopic (exact) mass is 442 g/mol. The molecular weight excluding hydrogens is 421 g/mol. The molecule has 0 bridgehead atoms. The van der Waals surface area contributed by atoms with Crippen molar-refractivity contribution in [3.63, 3.8) is 0 Å². The number of aliphatic hydroxyl groups is 1. The van der Waals surface area contributed by atoms with E-state index in [-0.39, 0.29) is 39.7 Å². The second-order valence-electron chi connectivity index (χ2n) is 6.89. The van der Waals surface area contributed by atoms with Gasteiger partial charge in [-0.1, -0.05) is 23.7 Å². The highest BCUT2D eigenvalue weighted by Crippen LogP contribution is 2.32. The molecule has 0 aliphatic heterocycles. The molecular formula is C22H19ClFN5O2. The number of halogens is 2. The topological polar surface area (TPSA) is 106 Å². The molecule has 0 radical (unpaired) electrons. The summed E-state index contributed by atoms with van der Waals surface area (Å²) in [7, 11) is 0. The number of benzene rings is 2. The average Bonchev–Trinajstić information content (AvgIpc) is 3.18. The molecule has 4 rings (SSSR count). The standard InChI is InChI=1S/C22H19ClFN5O2/c1-11-10-26-21(25)19-18(27-12(2)29(11)19)16-7-6-15(9-17(16)24)28-22(31)20(30)13-4-3-5-14(23)8-13/h3-10,20,30H,1-2H3,(H2,25,26)(H,28,31)/t20-/m1/s1/i2D3. The van der Waals surface area contributed by atoms with Crippen LogP contribution in [0.3, 0.4) is 0 Å². The first-order chi connectivity index (χ1) is 16.0. The fourth-order valence-corrected chi connectivity index (χ4v) is 3.49. The molecule has 0 saturated heterocycles.